The molecule has 0 aromatic heterocycles. The van der Waals surface area contributed by atoms with Crippen LogP contribution in [0.3, 0.4) is 0 Å². The number of hydrogen-bond donors (Lipinski definition) is 1. The minimum Gasteiger partial charge on any atom is -0.326 e. The Balaban J connectivity index is 1.90. The van der Waals surface area contributed by atoms with Gasteiger partial charge in [-0.05, 0) is 31.0 Å². The number of nitrogens with zero attached hydrogens (tertiary/aromatic N) is 2. The summed E-state index contributed by atoms with van der Waals surface area (Å²) in [5.41, 5.74) is 3.35. The number of nitrogens with one attached hydrogen (secondary N) is 1. The monoisotopic (exact) mass is 303 g/mol. The summed E-state index contributed by atoms with van der Waals surface area (Å²) in [5.74, 6) is 0.531. The first kappa shape index (κ1) is 17.0. The summed E-state index contributed by atoms with van der Waals surface area (Å²) in [4.78, 5) is 17.0. The molecule has 4 heteroatoms. The second-order valence-corrected chi connectivity index (χ2v) is 6.64. The molecule has 0 spiro atoms. The standard InChI is InChI=1S/C18H29N3O/c1-14(2)16-7-5-6-15(3)18(16)19-17(22)8-9-21-12-10-20(4)11-13-21/h5-7,14H,8-13H2,1-4H3,(H,19,22). The maximum atomic E-state index is 12.3. The third kappa shape index (κ3) is 4.55. The predicted molar refractivity (Wildman–Crippen MR) is 92.5 cm³/mol. The number of benzene rings is 1. The van der Waals surface area contributed by atoms with Gasteiger partial charge in [0.2, 0.25) is 5.91 Å². The van der Waals surface area contributed by atoms with Gasteiger partial charge in [0.25, 0.3) is 0 Å². The molecule has 1 aliphatic rings. The highest BCUT2D eigenvalue weighted by molar-refractivity contribution is 5.92. The van der Waals surface area contributed by atoms with Crippen LogP contribution in [-0.4, -0.2) is 55.5 Å². The average molecular weight is 303 g/mol. The number of hydrogen-bond acceptors (Lipinski definition) is 3. The van der Waals surface area contributed by atoms with E-state index in [-0.39, 0.29) is 5.91 Å². The lowest BCUT2D eigenvalue weighted by molar-refractivity contribution is -0.116. The Morgan fingerprint density at radius 2 is 1.91 bits per heavy atom. The molecule has 1 aromatic carbocycles. The zero-order valence-electron chi connectivity index (χ0n) is 14.4. The van der Waals surface area contributed by atoms with Crippen LogP contribution in [0.2, 0.25) is 0 Å². The van der Waals surface area contributed by atoms with E-state index in [1.165, 1.54) is 5.56 Å². The van der Waals surface area contributed by atoms with Gasteiger partial charge in [-0.2, -0.15) is 0 Å². The Morgan fingerprint density at radius 3 is 2.55 bits per heavy atom. The first-order chi connectivity index (χ1) is 10.5. The number of piperazine rings is 1. The Kier molecular flexibility index (Phi) is 5.98. The van der Waals surface area contributed by atoms with Crippen LogP contribution in [0.1, 0.15) is 37.3 Å². The maximum absolute atomic E-state index is 12.3. The molecule has 1 heterocycles. The first-order valence-electron chi connectivity index (χ1n) is 8.27. The molecule has 0 unspecified atom stereocenters. The Hall–Kier alpha value is -1.39. The highest BCUT2D eigenvalue weighted by Gasteiger charge is 2.16. The van der Waals surface area contributed by atoms with Crippen molar-refractivity contribution in [1.29, 1.82) is 0 Å². The second-order valence-electron chi connectivity index (χ2n) is 6.64. The SMILES string of the molecule is Cc1cccc(C(C)C)c1NC(=O)CCN1CCN(C)CC1. The normalized spacial score (nSPS) is 17.0. The molecule has 4 nitrogen and oxygen atoms in total. The van der Waals surface area contributed by atoms with Gasteiger partial charge in [0, 0.05) is 44.8 Å². The van der Waals surface area contributed by atoms with Crippen LogP contribution in [0.15, 0.2) is 18.2 Å². The molecule has 1 N–H and O–H groups in total. The Bertz CT molecular complexity index is 505. The fourth-order valence-corrected chi connectivity index (χ4v) is 2.88. The molecule has 1 fully saturated rings. The molecular formula is C18H29N3O. The van der Waals surface area contributed by atoms with Gasteiger partial charge in [0.05, 0.1) is 0 Å². The van der Waals surface area contributed by atoms with Crippen molar-refractivity contribution >= 4 is 11.6 Å². The molecule has 0 saturated carbocycles. The number of anilines is 1. The molecule has 1 saturated heterocycles. The molecule has 0 atom stereocenters. The van der Waals surface area contributed by atoms with Gasteiger partial charge in [-0.1, -0.05) is 32.0 Å². The van der Waals surface area contributed by atoms with Crippen molar-refractivity contribution in [1.82, 2.24) is 9.80 Å². The summed E-state index contributed by atoms with van der Waals surface area (Å²) in [7, 11) is 2.15. The first-order valence-corrected chi connectivity index (χ1v) is 8.27. The minimum absolute atomic E-state index is 0.120. The van der Waals surface area contributed by atoms with E-state index in [9.17, 15) is 4.79 Å². The summed E-state index contributed by atoms with van der Waals surface area (Å²) in [6.07, 6.45) is 0.565. The summed E-state index contributed by atoms with van der Waals surface area (Å²) in [6, 6.07) is 6.22. The van der Waals surface area contributed by atoms with Crippen LogP contribution in [0.5, 0.6) is 0 Å². The zero-order valence-corrected chi connectivity index (χ0v) is 14.4. The van der Waals surface area contributed by atoms with Gasteiger partial charge in [0.1, 0.15) is 0 Å². The molecule has 0 aliphatic carbocycles. The van der Waals surface area contributed by atoms with E-state index in [1.807, 2.05) is 0 Å². The predicted octanol–water partition coefficient (Wildman–Crippen LogP) is 2.69. The van der Waals surface area contributed by atoms with Crippen LogP contribution < -0.4 is 5.32 Å². The third-order valence-electron chi connectivity index (χ3n) is 4.44. The van der Waals surface area contributed by atoms with Crippen molar-refractivity contribution in [3.05, 3.63) is 29.3 Å². The van der Waals surface area contributed by atoms with E-state index in [1.54, 1.807) is 0 Å². The number of amides is 1. The molecule has 22 heavy (non-hydrogen) atoms. The number of carbonyl (C=O) groups excluding carboxylic acids is 1. The third-order valence-corrected chi connectivity index (χ3v) is 4.44. The number of aryl methyl sites for hydroxylation is 1. The summed E-state index contributed by atoms with van der Waals surface area (Å²) < 4.78 is 0. The van der Waals surface area contributed by atoms with E-state index in [2.05, 4.69) is 61.1 Å². The van der Waals surface area contributed by atoms with Crippen molar-refractivity contribution < 1.29 is 4.79 Å². The lowest BCUT2D eigenvalue weighted by Crippen LogP contribution is -2.45. The van der Waals surface area contributed by atoms with Crippen LogP contribution in [0, 0.1) is 6.92 Å². The fraction of sp³-hybridized carbons (Fsp3) is 0.611. The van der Waals surface area contributed by atoms with Crippen LogP contribution in [0.25, 0.3) is 0 Å². The summed E-state index contributed by atoms with van der Waals surface area (Å²) in [6.45, 7) is 11.5. The number of carbonyl (C=O) groups is 1. The Labute approximate surface area is 134 Å². The highest BCUT2D eigenvalue weighted by atomic mass is 16.1. The van der Waals surface area contributed by atoms with Gasteiger partial charge < -0.3 is 15.1 Å². The lowest BCUT2D eigenvalue weighted by atomic mass is 9.98. The van der Waals surface area contributed by atoms with E-state index < -0.39 is 0 Å². The molecule has 2 rings (SSSR count). The maximum Gasteiger partial charge on any atom is 0.225 e. The van der Waals surface area contributed by atoms with Crippen molar-refractivity contribution in [2.45, 2.75) is 33.1 Å². The second kappa shape index (κ2) is 7.75. The molecular weight excluding hydrogens is 274 g/mol. The van der Waals surface area contributed by atoms with Crippen molar-refractivity contribution in [3.8, 4) is 0 Å². The van der Waals surface area contributed by atoms with Gasteiger partial charge in [0.15, 0.2) is 0 Å². The summed E-state index contributed by atoms with van der Waals surface area (Å²) in [5, 5.41) is 3.13. The number of likely N-dealkylation sites (N-methyl/N-ethyl adjacent to an activating group) is 1. The van der Waals surface area contributed by atoms with Crippen molar-refractivity contribution in [3.63, 3.8) is 0 Å². The van der Waals surface area contributed by atoms with E-state index >= 15 is 0 Å². The number of para-hydroxylation sites is 1. The topological polar surface area (TPSA) is 35.6 Å². The fourth-order valence-electron chi connectivity index (χ4n) is 2.88. The van der Waals surface area contributed by atoms with Crippen molar-refractivity contribution in [2.75, 3.05) is 45.1 Å². The molecule has 1 amide bonds. The largest absolute Gasteiger partial charge is 0.326 e. The Morgan fingerprint density at radius 1 is 1.23 bits per heavy atom. The highest BCUT2D eigenvalue weighted by Crippen LogP contribution is 2.27. The zero-order chi connectivity index (χ0) is 16.1. The van der Waals surface area contributed by atoms with Crippen LogP contribution in [0.4, 0.5) is 5.69 Å². The van der Waals surface area contributed by atoms with Gasteiger partial charge in [-0.3, -0.25) is 4.79 Å². The van der Waals surface area contributed by atoms with Crippen LogP contribution in [-0.2, 0) is 4.79 Å². The van der Waals surface area contributed by atoms with Gasteiger partial charge in [-0.15, -0.1) is 0 Å². The molecule has 0 bridgehead atoms. The average Bonchev–Trinajstić information content (AvgIpc) is 2.48. The summed E-state index contributed by atoms with van der Waals surface area (Å²) >= 11 is 0. The van der Waals surface area contributed by atoms with E-state index in [0.717, 1.165) is 44.0 Å². The van der Waals surface area contributed by atoms with E-state index in [4.69, 9.17) is 0 Å². The van der Waals surface area contributed by atoms with E-state index in [0.29, 0.717) is 12.3 Å². The lowest BCUT2D eigenvalue weighted by Gasteiger charge is -2.32. The molecule has 122 valence electrons. The van der Waals surface area contributed by atoms with Gasteiger partial charge >= 0.3 is 0 Å². The number of rotatable bonds is 5. The van der Waals surface area contributed by atoms with Gasteiger partial charge in [-0.25, -0.2) is 0 Å². The smallest absolute Gasteiger partial charge is 0.225 e. The van der Waals surface area contributed by atoms with Crippen molar-refractivity contribution in [2.24, 2.45) is 0 Å². The van der Waals surface area contributed by atoms with Crippen LogP contribution >= 0.6 is 0 Å². The molecule has 1 aromatic rings. The minimum atomic E-state index is 0.120. The molecule has 0 radical (unpaired) electrons. The molecule has 1 aliphatic heterocycles. The quantitative estimate of drug-likeness (QED) is 0.908.